The van der Waals surface area contributed by atoms with E-state index < -0.39 is 16.1 Å². The molecule has 0 saturated carbocycles. The van der Waals surface area contributed by atoms with E-state index in [1.165, 1.54) is 20.3 Å². The highest BCUT2D eigenvalue weighted by Gasteiger charge is 2.32. The SMILES string of the molecule is COc1ccc(OC)c(N([C@H](C)C(=O)N[C@@H](C)C(C)C)S(C)(=O)=O)c1. The number of nitrogens with zero attached hydrogens (tertiary/aromatic N) is 1. The van der Waals surface area contributed by atoms with Gasteiger partial charge in [0.1, 0.15) is 17.5 Å². The molecule has 0 spiro atoms. The molecule has 0 bridgehead atoms. The van der Waals surface area contributed by atoms with E-state index in [9.17, 15) is 13.2 Å². The molecule has 1 rings (SSSR count). The Balaban J connectivity index is 3.34. The quantitative estimate of drug-likeness (QED) is 0.755. The molecule has 8 heteroatoms. The van der Waals surface area contributed by atoms with Crippen LogP contribution in [-0.4, -0.2) is 46.9 Å². The summed E-state index contributed by atoms with van der Waals surface area (Å²) < 4.78 is 36.3. The van der Waals surface area contributed by atoms with Gasteiger partial charge in [0, 0.05) is 12.1 Å². The molecular weight excluding hydrogens is 344 g/mol. The summed E-state index contributed by atoms with van der Waals surface area (Å²) in [4.78, 5) is 12.6. The van der Waals surface area contributed by atoms with Crippen molar-refractivity contribution in [3.63, 3.8) is 0 Å². The van der Waals surface area contributed by atoms with Gasteiger partial charge in [-0.15, -0.1) is 0 Å². The number of carbonyl (C=O) groups excluding carboxylic acids is 1. The molecule has 1 amide bonds. The monoisotopic (exact) mass is 372 g/mol. The van der Waals surface area contributed by atoms with Crippen molar-refractivity contribution < 1.29 is 22.7 Å². The van der Waals surface area contributed by atoms with E-state index in [4.69, 9.17) is 9.47 Å². The second kappa shape index (κ2) is 8.42. The lowest BCUT2D eigenvalue weighted by Gasteiger charge is -2.31. The number of hydrogen-bond donors (Lipinski definition) is 1. The number of carbonyl (C=O) groups is 1. The van der Waals surface area contributed by atoms with E-state index in [2.05, 4.69) is 5.32 Å². The van der Waals surface area contributed by atoms with E-state index in [0.717, 1.165) is 10.6 Å². The predicted octanol–water partition coefficient (Wildman–Crippen LogP) is 2.02. The van der Waals surface area contributed by atoms with E-state index in [1.807, 2.05) is 20.8 Å². The Hall–Kier alpha value is -1.96. The van der Waals surface area contributed by atoms with E-state index in [-0.39, 0.29) is 23.6 Å². The largest absolute Gasteiger partial charge is 0.497 e. The summed E-state index contributed by atoms with van der Waals surface area (Å²) >= 11 is 0. The van der Waals surface area contributed by atoms with Crippen molar-refractivity contribution in [2.45, 2.75) is 39.8 Å². The minimum absolute atomic E-state index is 0.0800. The first kappa shape index (κ1) is 21.1. The van der Waals surface area contributed by atoms with Gasteiger partial charge in [-0.1, -0.05) is 13.8 Å². The van der Waals surface area contributed by atoms with E-state index in [1.54, 1.807) is 19.1 Å². The van der Waals surface area contributed by atoms with E-state index in [0.29, 0.717) is 11.5 Å². The first-order valence-electron chi connectivity index (χ1n) is 8.04. The van der Waals surface area contributed by atoms with Crippen LogP contribution in [0.4, 0.5) is 5.69 Å². The third-order valence-electron chi connectivity index (χ3n) is 4.08. The smallest absolute Gasteiger partial charge is 0.243 e. The fourth-order valence-corrected chi connectivity index (χ4v) is 3.43. The van der Waals surface area contributed by atoms with Gasteiger partial charge in [0.05, 0.1) is 26.2 Å². The van der Waals surface area contributed by atoms with Crippen LogP contribution in [0.5, 0.6) is 11.5 Å². The summed E-state index contributed by atoms with van der Waals surface area (Å²) in [6, 6.07) is 3.78. The Morgan fingerprint density at radius 2 is 1.72 bits per heavy atom. The minimum Gasteiger partial charge on any atom is -0.497 e. The van der Waals surface area contributed by atoms with Crippen LogP contribution in [0.3, 0.4) is 0 Å². The lowest BCUT2D eigenvalue weighted by Crippen LogP contribution is -2.50. The molecule has 0 aliphatic rings. The molecule has 0 unspecified atom stereocenters. The van der Waals surface area contributed by atoms with Crippen LogP contribution in [0.2, 0.25) is 0 Å². The summed E-state index contributed by atoms with van der Waals surface area (Å²) in [5, 5.41) is 2.85. The lowest BCUT2D eigenvalue weighted by molar-refractivity contribution is -0.122. The number of ether oxygens (including phenoxy) is 2. The van der Waals surface area contributed by atoms with Crippen LogP contribution in [0.15, 0.2) is 18.2 Å². The first-order valence-corrected chi connectivity index (χ1v) is 9.89. The number of sulfonamides is 1. The number of anilines is 1. The fraction of sp³-hybridized carbons (Fsp3) is 0.588. The fourth-order valence-electron chi connectivity index (χ4n) is 2.26. The molecule has 1 N–H and O–H groups in total. The van der Waals surface area contributed by atoms with Crippen LogP contribution in [0, 0.1) is 5.92 Å². The summed E-state index contributed by atoms with van der Waals surface area (Å²) in [6.07, 6.45) is 1.06. The molecule has 0 radical (unpaired) electrons. The molecule has 142 valence electrons. The van der Waals surface area contributed by atoms with Gasteiger partial charge in [-0.25, -0.2) is 8.42 Å². The van der Waals surface area contributed by atoms with Gasteiger partial charge in [0.25, 0.3) is 0 Å². The first-order chi connectivity index (χ1) is 11.5. The van der Waals surface area contributed by atoms with Gasteiger partial charge < -0.3 is 14.8 Å². The molecule has 1 aromatic carbocycles. The van der Waals surface area contributed by atoms with Crippen LogP contribution in [0.1, 0.15) is 27.7 Å². The number of hydrogen-bond acceptors (Lipinski definition) is 5. The number of rotatable bonds is 8. The van der Waals surface area contributed by atoms with Crippen molar-refractivity contribution in [1.82, 2.24) is 5.32 Å². The molecule has 0 heterocycles. The molecule has 0 aliphatic heterocycles. The van der Waals surface area contributed by atoms with Crippen molar-refractivity contribution in [3.05, 3.63) is 18.2 Å². The van der Waals surface area contributed by atoms with Crippen molar-refractivity contribution in [3.8, 4) is 11.5 Å². The third kappa shape index (κ3) is 5.26. The second-order valence-corrected chi connectivity index (χ2v) is 8.17. The van der Waals surface area contributed by atoms with Crippen molar-refractivity contribution in [2.24, 2.45) is 5.92 Å². The molecule has 2 atom stereocenters. The third-order valence-corrected chi connectivity index (χ3v) is 5.31. The van der Waals surface area contributed by atoms with Crippen LogP contribution in [0.25, 0.3) is 0 Å². The highest BCUT2D eigenvalue weighted by molar-refractivity contribution is 7.92. The number of nitrogens with one attached hydrogen (secondary N) is 1. The number of methoxy groups -OCH3 is 2. The van der Waals surface area contributed by atoms with Crippen LogP contribution >= 0.6 is 0 Å². The molecule has 0 aromatic heterocycles. The van der Waals surface area contributed by atoms with E-state index >= 15 is 0 Å². The molecular formula is C17H28N2O5S. The maximum atomic E-state index is 12.6. The van der Waals surface area contributed by atoms with Gasteiger partial charge in [-0.3, -0.25) is 9.10 Å². The van der Waals surface area contributed by atoms with Gasteiger partial charge in [0.15, 0.2) is 0 Å². The zero-order valence-electron chi connectivity index (χ0n) is 15.9. The Kier molecular flexibility index (Phi) is 7.10. The highest BCUT2D eigenvalue weighted by Crippen LogP contribution is 2.35. The summed E-state index contributed by atoms with van der Waals surface area (Å²) in [5.74, 6) is 0.654. The average molecular weight is 372 g/mol. The van der Waals surface area contributed by atoms with Crippen LogP contribution < -0.4 is 19.1 Å². The number of benzene rings is 1. The molecule has 0 aliphatic carbocycles. The van der Waals surface area contributed by atoms with Crippen molar-refractivity contribution in [1.29, 1.82) is 0 Å². The maximum absolute atomic E-state index is 12.6. The standard InChI is InChI=1S/C17H28N2O5S/c1-11(2)12(3)18-17(20)13(4)19(25(7,21)22)15-10-14(23-5)8-9-16(15)24-6/h8-13H,1-7H3,(H,18,20)/t12-,13+/m0/s1. The molecule has 0 fully saturated rings. The average Bonchev–Trinajstić information content (AvgIpc) is 2.53. The van der Waals surface area contributed by atoms with Crippen LogP contribution in [-0.2, 0) is 14.8 Å². The highest BCUT2D eigenvalue weighted by atomic mass is 32.2. The second-order valence-electron chi connectivity index (χ2n) is 6.31. The van der Waals surface area contributed by atoms with Gasteiger partial charge in [-0.05, 0) is 31.9 Å². The maximum Gasteiger partial charge on any atom is 0.243 e. The normalized spacial score (nSPS) is 13.9. The van der Waals surface area contributed by atoms with Crippen molar-refractivity contribution in [2.75, 3.05) is 24.8 Å². The Bertz CT molecular complexity index is 703. The zero-order chi connectivity index (χ0) is 19.4. The summed E-state index contributed by atoms with van der Waals surface area (Å²) in [7, 11) is -0.814. The zero-order valence-corrected chi connectivity index (χ0v) is 16.7. The van der Waals surface area contributed by atoms with Gasteiger partial charge in [0.2, 0.25) is 15.9 Å². The van der Waals surface area contributed by atoms with Gasteiger partial charge >= 0.3 is 0 Å². The summed E-state index contributed by atoms with van der Waals surface area (Å²) in [6.45, 7) is 7.39. The molecule has 0 saturated heterocycles. The predicted molar refractivity (Wildman–Crippen MR) is 98.8 cm³/mol. The molecule has 7 nitrogen and oxygen atoms in total. The van der Waals surface area contributed by atoms with Gasteiger partial charge in [-0.2, -0.15) is 0 Å². The van der Waals surface area contributed by atoms with Crippen molar-refractivity contribution >= 4 is 21.6 Å². The Morgan fingerprint density at radius 1 is 1.12 bits per heavy atom. The molecule has 25 heavy (non-hydrogen) atoms. The summed E-state index contributed by atoms with van der Waals surface area (Å²) in [5.41, 5.74) is 0.254. The molecule has 1 aromatic rings. The lowest BCUT2D eigenvalue weighted by atomic mass is 10.1. The topological polar surface area (TPSA) is 84.9 Å². The Labute approximate surface area is 150 Å². The minimum atomic E-state index is -3.74. The number of amides is 1. The Morgan fingerprint density at radius 3 is 2.16 bits per heavy atom.